The van der Waals surface area contributed by atoms with Crippen LogP contribution in [0.1, 0.15) is 91.8 Å². The van der Waals surface area contributed by atoms with E-state index in [1.807, 2.05) is 0 Å². The highest BCUT2D eigenvalue weighted by atomic mass is 16.5. The van der Waals surface area contributed by atoms with Gasteiger partial charge in [-0.25, -0.2) is 9.59 Å². The normalized spacial score (nSPS) is 10.7. The maximum Gasteiger partial charge on any atom is 0.339 e. The van der Waals surface area contributed by atoms with Crippen LogP contribution in [-0.2, 0) is 4.74 Å². The van der Waals surface area contributed by atoms with Gasteiger partial charge in [0.2, 0.25) is 0 Å². The average Bonchev–Trinajstić information content (AvgIpc) is 2.85. The molecule has 0 unspecified atom stereocenters. The van der Waals surface area contributed by atoms with E-state index in [1.54, 1.807) is 24.3 Å². The molecule has 192 valence electrons. The summed E-state index contributed by atoms with van der Waals surface area (Å²) in [6.45, 7) is 3.12. The second-order valence-electron chi connectivity index (χ2n) is 8.52. The summed E-state index contributed by atoms with van der Waals surface area (Å²) < 4.78 is 16.4. The van der Waals surface area contributed by atoms with E-state index in [1.165, 1.54) is 69.6 Å². The monoisotopic (exact) mass is 486 g/mol. The number of aromatic carboxylic acids is 1. The smallest absolute Gasteiger partial charge is 0.339 e. The molecule has 0 aliphatic rings. The van der Waals surface area contributed by atoms with Crippen molar-refractivity contribution in [3.05, 3.63) is 53.6 Å². The van der Waals surface area contributed by atoms with E-state index in [0.717, 1.165) is 12.8 Å². The SMILES string of the molecule is CCCCCCCCCCCCOC(=O)c1ccc(OCCOc2ccc(C(=O)O)c(O)c2)cc1. The van der Waals surface area contributed by atoms with Crippen molar-refractivity contribution in [1.29, 1.82) is 0 Å². The van der Waals surface area contributed by atoms with Crippen molar-refractivity contribution >= 4 is 11.9 Å². The van der Waals surface area contributed by atoms with Crippen LogP contribution in [0.25, 0.3) is 0 Å². The highest BCUT2D eigenvalue weighted by Crippen LogP contribution is 2.23. The Hall–Kier alpha value is -3.22. The zero-order chi connectivity index (χ0) is 25.3. The lowest BCUT2D eigenvalue weighted by atomic mass is 10.1. The van der Waals surface area contributed by atoms with Gasteiger partial charge in [0.25, 0.3) is 0 Å². The maximum atomic E-state index is 12.2. The summed E-state index contributed by atoms with van der Waals surface area (Å²) in [5.74, 6) is -0.962. The minimum absolute atomic E-state index is 0.185. The number of carbonyl (C=O) groups excluding carboxylic acids is 1. The van der Waals surface area contributed by atoms with Crippen LogP contribution in [0, 0.1) is 0 Å². The first kappa shape index (κ1) is 28.0. The van der Waals surface area contributed by atoms with Gasteiger partial charge in [0, 0.05) is 6.07 Å². The molecule has 0 bridgehead atoms. The third-order valence-corrected chi connectivity index (χ3v) is 5.64. The highest BCUT2D eigenvalue weighted by Gasteiger charge is 2.10. The van der Waals surface area contributed by atoms with Crippen molar-refractivity contribution in [3.63, 3.8) is 0 Å². The van der Waals surface area contributed by atoms with Gasteiger partial charge >= 0.3 is 11.9 Å². The lowest BCUT2D eigenvalue weighted by molar-refractivity contribution is 0.0497. The molecular formula is C28H38O7. The van der Waals surface area contributed by atoms with E-state index >= 15 is 0 Å². The molecule has 2 aromatic rings. The molecule has 7 heteroatoms. The summed E-state index contributed by atoms with van der Waals surface area (Å²) in [4.78, 5) is 23.1. The number of esters is 1. The van der Waals surface area contributed by atoms with Gasteiger partial charge in [0.15, 0.2) is 0 Å². The lowest BCUT2D eigenvalue weighted by Gasteiger charge is -2.10. The summed E-state index contributed by atoms with van der Waals surface area (Å²) in [7, 11) is 0. The number of unbranched alkanes of at least 4 members (excludes halogenated alkanes) is 9. The number of carbonyl (C=O) groups is 2. The predicted octanol–water partition coefficient (Wildman–Crippen LogP) is 6.63. The van der Waals surface area contributed by atoms with Crippen molar-refractivity contribution in [2.45, 2.75) is 71.1 Å². The molecule has 2 N–H and O–H groups in total. The fraction of sp³-hybridized carbons (Fsp3) is 0.500. The minimum Gasteiger partial charge on any atom is -0.507 e. The van der Waals surface area contributed by atoms with Crippen LogP contribution in [-0.4, -0.2) is 42.0 Å². The number of carboxylic acids is 1. The number of rotatable bonds is 18. The van der Waals surface area contributed by atoms with Crippen LogP contribution in [0.2, 0.25) is 0 Å². The Morgan fingerprint density at radius 2 is 1.26 bits per heavy atom. The number of aromatic hydroxyl groups is 1. The first-order chi connectivity index (χ1) is 17.0. The molecule has 0 amide bonds. The van der Waals surface area contributed by atoms with E-state index in [2.05, 4.69) is 6.92 Å². The molecule has 0 atom stereocenters. The lowest BCUT2D eigenvalue weighted by Crippen LogP contribution is -2.10. The largest absolute Gasteiger partial charge is 0.507 e. The molecule has 2 rings (SSSR count). The van der Waals surface area contributed by atoms with Crippen molar-refractivity contribution < 1.29 is 34.0 Å². The summed E-state index contributed by atoms with van der Waals surface area (Å²) in [5, 5.41) is 18.6. The molecule has 0 heterocycles. The predicted molar refractivity (Wildman–Crippen MR) is 135 cm³/mol. The molecule has 0 saturated heterocycles. The van der Waals surface area contributed by atoms with Crippen LogP contribution in [0.5, 0.6) is 17.2 Å². The van der Waals surface area contributed by atoms with Crippen LogP contribution in [0.15, 0.2) is 42.5 Å². The Kier molecular flexibility index (Phi) is 13.1. The quantitative estimate of drug-likeness (QED) is 0.180. The molecule has 35 heavy (non-hydrogen) atoms. The van der Waals surface area contributed by atoms with Crippen molar-refractivity contribution in [3.8, 4) is 17.2 Å². The Bertz CT molecular complexity index is 893. The average molecular weight is 487 g/mol. The van der Waals surface area contributed by atoms with Crippen LogP contribution >= 0.6 is 0 Å². The molecule has 0 radical (unpaired) electrons. The molecular weight excluding hydrogens is 448 g/mol. The van der Waals surface area contributed by atoms with E-state index in [9.17, 15) is 14.7 Å². The van der Waals surface area contributed by atoms with Gasteiger partial charge in [-0.2, -0.15) is 0 Å². The summed E-state index contributed by atoms with van der Waals surface area (Å²) in [6.07, 6.45) is 12.4. The zero-order valence-electron chi connectivity index (χ0n) is 20.7. The van der Waals surface area contributed by atoms with Gasteiger partial charge in [-0.05, 0) is 42.8 Å². The van der Waals surface area contributed by atoms with Crippen molar-refractivity contribution in [1.82, 2.24) is 0 Å². The Morgan fingerprint density at radius 3 is 1.83 bits per heavy atom. The first-order valence-corrected chi connectivity index (χ1v) is 12.6. The third-order valence-electron chi connectivity index (χ3n) is 5.64. The van der Waals surface area contributed by atoms with Gasteiger partial charge in [-0.15, -0.1) is 0 Å². The van der Waals surface area contributed by atoms with Gasteiger partial charge in [0.1, 0.15) is 36.0 Å². The zero-order valence-corrected chi connectivity index (χ0v) is 20.7. The molecule has 0 aromatic heterocycles. The van der Waals surface area contributed by atoms with Crippen molar-refractivity contribution in [2.24, 2.45) is 0 Å². The second-order valence-corrected chi connectivity index (χ2v) is 8.52. The van der Waals surface area contributed by atoms with E-state index in [4.69, 9.17) is 19.3 Å². The molecule has 0 saturated carbocycles. The molecule has 2 aromatic carbocycles. The molecule has 7 nitrogen and oxygen atoms in total. The minimum atomic E-state index is -1.21. The van der Waals surface area contributed by atoms with Crippen molar-refractivity contribution in [2.75, 3.05) is 19.8 Å². The second kappa shape index (κ2) is 16.4. The number of hydrogen-bond acceptors (Lipinski definition) is 6. The number of carboxylic acid groups (broad SMARTS) is 1. The molecule has 0 fully saturated rings. The summed E-state index contributed by atoms with van der Waals surface area (Å²) >= 11 is 0. The van der Waals surface area contributed by atoms with E-state index < -0.39 is 5.97 Å². The number of ether oxygens (including phenoxy) is 3. The highest BCUT2D eigenvalue weighted by molar-refractivity contribution is 5.91. The Morgan fingerprint density at radius 1 is 0.714 bits per heavy atom. The van der Waals surface area contributed by atoms with Gasteiger partial charge in [-0.3, -0.25) is 0 Å². The fourth-order valence-electron chi connectivity index (χ4n) is 3.63. The molecule has 0 aliphatic heterocycles. The number of benzene rings is 2. The Balaban J connectivity index is 1.56. The van der Waals surface area contributed by atoms with Crippen LogP contribution < -0.4 is 9.47 Å². The molecule has 0 aliphatic carbocycles. The van der Waals surface area contributed by atoms with E-state index in [0.29, 0.717) is 23.7 Å². The summed E-state index contributed by atoms with van der Waals surface area (Å²) in [5.41, 5.74) is 0.297. The summed E-state index contributed by atoms with van der Waals surface area (Å²) in [6, 6.07) is 10.7. The first-order valence-electron chi connectivity index (χ1n) is 12.6. The third kappa shape index (κ3) is 11.2. The standard InChI is InChI=1S/C28H38O7/c1-2-3-4-5-6-7-8-9-10-11-18-35-28(32)22-12-14-23(15-13-22)33-19-20-34-24-16-17-25(27(30)31)26(29)21-24/h12-17,21,29H,2-11,18-20H2,1H3,(H,30,31). The van der Waals surface area contributed by atoms with E-state index in [-0.39, 0.29) is 30.5 Å². The van der Waals surface area contributed by atoms with Gasteiger partial charge in [-0.1, -0.05) is 64.7 Å². The number of phenols is 1. The Labute approximate surface area is 208 Å². The van der Waals surface area contributed by atoms with Crippen LogP contribution in [0.3, 0.4) is 0 Å². The maximum absolute atomic E-state index is 12.2. The van der Waals surface area contributed by atoms with Gasteiger partial charge < -0.3 is 24.4 Å². The van der Waals surface area contributed by atoms with Crippen LogP contribution in [0.4, 0.5) is 0 Å². The topological polar surface area (TPSA) is 102 Å². The molecule has 0 spiro atoms. The number of hydrogen-bond donors (Lipinski definition) is 2. The fourth-order valence-corrected chi connectivity index (χ4v) is 3.63. The van der Waals surface area contributed by atoms with Gasteiger partial charge in [0.05, 0.1) is 12.2 Å².